The molecule has 0 aliphatic heterocycles. The van der Waals surface area contributed by atoms with E-state index in [1.165, 1.54) is 11.1 Å². The lowest BCUT2D eigenvalue weighted by molar-refractivity contribution is 0.0983. The van der Waals surface area contributed by atoms with Crippen molar-refractivity contribution in [2.24, 2.45) is 0 Å². The van der Waals surface area contributed by atoms with Gasteiger partial charge < -0.3 is 0 Å². The first kappa shape index (κ1) is 13.6. The van der Waals surface area contributed by atoms with Gasteiger partial charge in [-0.05, 0) is 24.5 Å². The molecule has 0 saturated heterocycles. The summed E-state index contributed by atoms with van der Waals surface area (Å²) in [5.41, 5.74) is 4.16. The van der Waals surface area contributed by atoms with Gasteiger partial charge in [-0.1, -0.05) is 66.3 Å². The SMILES string of the molecule is Cc1ccc(CCC(=O)c2ccc(C=S)cc2)cc1. The third-order valence-corrected chi connectivity index (χ3v) is 3.40. The van der Waals surface area contributed by atoms with Gasteiger partial charge in [-0.25, -0.2) is 0 Å². The Morgan fingerprint density at radius 2 is 1.68 bits per heavy atom. The van der Waals surface area contributed by atoms with Crippen LogP contribution in [0.4, 0.5) is 0 Å². The van der Waals surface area contributed by atoms with E-state index in [1.807, 2.05) is 24.3 Å². The minimum absolute atomic E-state index is 0.177. The van der Waals surface area contributed by atoms with Crippen LogP contribution < -0.4 is 0 Å². The average Bonchev–Trinajstić information content (AvgIpc) is 2.46. The van der Waals surface area contributed by atoms with Gasteiger partial charge in [0.1, 0.15) is 0 Å². The molecule has 0 unspecified atom stereocenters. The molecule has 0 spiro atoms. The Morgan fingerprint density at radius 1 is 1.05 bits per heavy atom. The van der Waals surface area contributed by atoms with Crippen LogP contribution in [0, 0.1) is 6.92 Å². The second kappa shape index (κ2) is 6.39. The van der Waals surface area contributed by atoms with E-state index in [4.69, 9.17) is 12.2 Å². The maximum atomic E-state index is 12.0. The first-order valence-corrected chi connectivity index (χ1v) is 6.80. The molecule has 0 heterocycles. The van der Waals surface area contributed by atoms with Crippen LogP contribution in [0.3, 0.4) is 0 Å². The number of rotatable bonds is 5. The van der Waals surface area contributed by atoms with E-state index in [0.717, 1.165) is 17.5 Å². The minimum atomic E-state index is 0.177. The van der Waals surface area contributed by atoms with Gasteiger partial charge in [0, 0.05) is 17.4 Å². The van der Waals surface area contributed by atoms with Crippen molar-refractivity contribution in [3.63, 3.8) is 0 Å². The van der Waals surface area contributed by atoms with Gasteiger partial charge in [0.05, 0.1) is 0 Å². The highest BCUT2D eigenvalue weighted by molar-refractivity contribution is 7.79. The summed E-state index contributed by atoms with van der Waals surface area (Å²) in [6, 6.07) is 15.8. The molecular weight excluding hydrogens is 252 g/mol. The molecule has 0 aliphatic rings. The molecule has 19 heavy (non-hydrogen) atoms. The molecule has 0 N–H and O–H groups in total. The zero-order valence-corrected chi connectivity index (χ0v) is 11.7. The average molecular weight is 268 g/mol. The minimum Gasteiger partial charge on any atom is -0.294 e. The molecule has 0 radical (unpaired) electrons. The molecule has 0 amide bonds. The van der Waals surface area contributed by atoms with E-state index >= 15 is 0 Å². The van der Waals surface area contributed by atoms with Crippen LogP contribution in [0.25, 0.3) is 0 Å². The maximum absolute atomic E-state index is 12.0. The van der Waals surface area contributed by atoms with E-state index < -0.39 is 0 Å². The van der Waals surface area contributed by atoms with Crippen LogP contribution in [-0.2, 0) is 6.42 Å². The molecule has 2 aromatic rings. The lowest BCUT2D eigenvalue weighted by atomic mass is 10.0. The number of benzene rings is 2. The zero-order valence-electron chi connectivity index (χ0n) is 10.9. The number of carbonyl (C=O) groups is 1. The molecule has 0 atom stereocenters. The Bertz CT molecular complexity index is 567. The topological polar surface area (TPSA) is 17.1 Å². The second-order valence-corrected chi connectivity index (χ2v) is 4.88. The van der Waals surface area contributed by atoms with Crippen LogP contribution in [0.5, 0.6) is 0 Å². The van der Waals surface area contributed by atoms with E-state index in [2.05, 4.69) is 31.2 Å². The summed E-state index contributed by atoms with van der Waals surface area (Å²) < 4.78 is 0. The smallest absolute Gasteiger partial charge is 0.163 e. The maximum Gasteiger partial charge on any atom is 0.163 e. The van der Waals surface area contributed by atoms with E-state index in [0.29, 0.717) is 6.42 Å². The van der Waals surface area contributed by atoms with Gasteiger partial charge >= 0.3 is 0 Å². The Balaban J connectivity index is 1.96. The quantitative estimate of drug-likeness (QED) is 0.598. The van der Waals surface area contributed by atoms with Crippen molar-refractivity contribution in [2.45, 2.75) is 19.8 Å². The first-order valence-electron chi connectivity index (χ1n) is 6.33. The molecule has 96 valence electrons. The highest BCUT2D eigenvalue weighted by Gasteiger charge is 2.05. The second-order valence-electron chi connectivity index (χ2n) is 4.65. The van der Waals surface area contributed by atoms with Gasteiger partial charge in [-0.2, -0.15) is 0 Å². The van der Waals surface area contributed by atoms with Crippen molar-refractivity contribution < 1.29 is 4.79 Å². The highest BCUT2D eigenvalue weighted by Crippen LogP contribution is 2.10. The van der Waals surface area contributed by atoms with Crippen LogP contribution in [0.15, 0.2) is 48.5 Å². The summed E-state index contributed by atoms with van der Waals surface area (Å²) in [6.45, 7) is 2.06. The molecule has 2 rings (SSSR count). The first-order chi connectivity index (χ1) is 9.19. The number of hydrogen-bond donors (Lipinski definition) is 0. The standard InChI is InChI=1S/C17H16OS/c1-13-2-4-14(5-3-13)8-11-17(18)16-9-6-15(12-19)7-10-16/h2-7,9-10,12H,8,11H2,1H3. The summed E-state index contributed by atoms with van der Waals surface area (Å²) in [5.74, 6) is 0.177. The lowest BCUT2D eigenvalue weighted by Crippen LogP contribution is -2.01. The predicted octanol–water partition coefficient (Wildman–Crippen LogP) is 4.16. The number of Topliss-reactive ketones (excluding diaryl/α,β-unsaturated/α-hetero) is 1. The third kappa shape index (κ3) is 3.83. The van der Waals surface area contributed by atoms with Crippen molar-refractivity contribution in [3.05, 3.63) is 70.8 Å². The summed E-state index contributed by atoms with van der Waals surface area (Å²) in [4.78, 5) is 12.0. The van der Waals surface area contributed by atoms with Crippen LogP contribution >= 0.6 is 12.2 Å². The number of hydrogen-bond acceptors (Lipinski definition) is 2. The Labute approximate surface area is 119 Å². The summed E-state index contributed by atoms with van der Waals surface area (Å²) in [5, 5.41) is 1.61. The molecule has 0 bridgehead atoms. The Kier molecular flexibility index (Phi) is 4.58. The molecule has 0 saturated carbocycles. The van der Waals surface area contributed by atoms with Gasteiger partial charge in [0.25, 0.3) is 0 Å². The third-order valence-electron chi connectivity index (χ3n) is 3.13. The number of carbonyl (C=O) groups excluding carboxylic acids is 1. The normalized spacial score (nSPS) is 10.2. The Hall–Kier alpha value is -1.80. The van der Waals surface area contributed by atoms with Crippen molar-refractivity contribution in [3.8, 4) is 0 Å². The van der Waals surface area contributed by atoms with E-state index in [1.54, 1.807) is 5.37 Å². The number of thiocarbonyl (C=S) groups is 1. The molecule has 0 fully saturated rings. The monoisotopic (exact) mass is 268 g/mol. The zero-order chi connectivity index (χ0) is 13.7. The van der Waals surface area contributed by atoms with E-state index in [9.17, 15) is 4.79 Å². The van der Waals surface area contributed by atoms with Gasteiger partial charge in [-0.15, -0.1) is 0 Å². The van der Waals surface area contributed by atoms with Crippen molar-refractivity contribution in [1.82, 2.24) is 0 Å². The lowest BCUT2D eigenvalue weighted by Gasteiger charge is -2.03. The summed E-state index contributed by atoms with van der Waals surface area (Å²) >= 11 is 4.84. The highest BCUT2D eigenvalue weighted by atomic mass is 32.1. The summed E-state index contributed by atoms with van der Waals surface area (Å²) in [6.07, 6.45) is 1.33. The van der Waals surface area contributed by atoms with Gasteiger partial charge in [-0.3, -0.25) is 4.79 Å². The molecule has 0 aromatic heterocycles. The van der Waals surface area contributed by atoms with Crippen molar-refractivity contribution in [2.75, 3.05) is 0 Å². The fourth-order valence-electron chi connectivity index (χ4n) is 1.90. The summed E-state index contributed by atoms with van der Waals surface area (Å²) in [7, 11) is 0. The van der Waals surface area contributed by atoms with Crippen molar-refractivity contribution in [1.29, 1.82) is 0 Å². The van der Waals surface area contributed by atoms with Crippen LogP contribution in [-0.4, -0.2) is 11.2 Å². The number of aryl methyl sites for hydroxylation is 2. The van der Waals surface area contributed by atoms with Gasteiger partial charge in [0.15, 0.2) is 5.78 Å². The molecule has 2 aromatic carbocycles. The Morgan fingerprint density at radius 3 is 2.26 bits per heavy atom. The fraction of sp³-hybridized carbons (Fsp3) is 0.176. The van der Waals surface area contributed by atoms with Crippen LogP contribution in [0.1, 0.15) is 33.5 Å². The van der Waals surface area contributed by atoms with Crippen molar-refractivity contribution >= 4 is 23.4 Å². The molecular formula is C17H16OS. The largest absolute Gasteiger partial charge is 0.294 e. The molecule has 0 aliphatic carbocycles. The van der Waals surface area contributed by atoms with Crippen LogP contribution in [0.2, 0.25) is 0 Å². The molecule has 2 heteroatoms. The van der Waals surface area contributed by atoms with E-state index in [-0.39, 0.29) is 5.78 Å². The molecule has 1 nitrogen and oxygen atoms in total. The van der Waals surface area contributed by atoms with Gasteiger partial charge in [0.2, 0.25) is 0 Å². The number of ketones is 1. The fourth-order valence-corrected chi connectivity index (χ4v) is 2.06. The predicted molar refractivity (Wildman–Crippen MR) is 83.0 cm³/mol.